The summed E-state index contributed by atoms with van der Waals surface area (Å²) in [5.41, 5.74) is 2.28. The number of carboxylic acids is 2. The molecule has 0 aliphatic heterocycles. The second-order valence-corrected chi connectivity index (χ2v) is 5.32. The molecule has 0 unspecified atom stereocenters. The first-order chi connectivity index (χ1) is 10.9. The summed E-state index contributed by atoms with van der Waals surface area (Å²) in [6.07, 6.45) is 7.34. The molecule has 5 nitrogen and oxygen atoms in total. The largest absolute Gasteiger partial charge is 0.481 e. The van der Waals surface area contributed by atoms with E-state index in [4.69, 9.17) is 9.84 Å². The van der Waals surface area contributed by atoms with Crippen LogP contribution in [0.2, 0.25) is 0 Å². The summed E-state index contributed by atoms with van der Waals surface area (Å²) >= 11 is 0. The molecule has 2 N–H and O–H groups in total. The molecule has 0 radical (unpaired) electrons. The lowest BCUT2D eigenvalue weighted by molar-refractivity contribution is -0.136. The van der Waals surface area contributed by atoms with Crippen LogP contribution in [-0.2, 0) is 4.79 Å². The Morgan fingerprint density at radius 2 is 1.91 bits per heavy atom. The standard InChI is InChI=1S/C18H18O5/c1-11-8-9-14(18(21)22)17(12(11)2)23-15-7-5-3-4-6-13(15)10-16(19)20/h3-5,7-9H,6,10H2,1-2H3,(H,19,20)(H,21,22). The number of carboxylic acid groups (broad SMARTS) is 2. The molecule has 0 atom stereocenters. The number of hydrogen-bond donors (Lipinski definition) is 2. The third-order valence-corrected chi connectivity index (χ3v) is 3.69. The van der Waals surface area contributed by atoms with E-state index in [-0.39, 0.29) is 17.7 Å². The van der Waals surface area contributed by atoms with Crippen molar-refractivity contribution in [2.75, 3.05) is 0 Å². The zero-order chi connectivity index (χ0) is 17.0. The Hall–Kier alpha value is -2.82. The summed E-state index contributed by atoms with van der Waals surface area (Å²) in [4.78, 5) is 22.5. The molecule has 0 fully saturated rings. The van der Waals surface area contributed by atoms with Gasteiger partial charge in [0.2, 0.25) is 0 Å². The number of benzene rings is 1. The van der Waals surface area contributed by atoms with Crippen molar-refractivity contribution in [2.24, 2.45) is 0 Å². The van der Waals surface area contributed by atoms with Crippen LogP contribution >= 0.6 is 0 Å². The molecular weight excluding hydrogens is 296 g/mol. The van der Waals surface area contributed by atoms with E-state index in [0.717, 1.165) is 11.1 Å². The Morgan fingerprint density at radius 1 is 1.17 bits per heavy atom. The molecule has 2 rings (SSSR count). The van der Waals surface area contributed by atoms with Crippen LogP contribution in [0.4, 0.5) is 0 Å². The maximum absolute atomic E-state index is 11.4. The second-order valence-electron chi connectivity index (χ2n) is 5.32. The lowest BCUT2D eigenvalue weighted by Gasteiger charge is -2.16. The highest BCUT2D eigenvalue weighted by Gasteiger charge is 2.19. The fourth-order valence-corrected chi connectivity index (χ4v) is 2.30. The molecule has 0 saturated heterocycles. The average molecular weight is 314 g/mol. The smallest absolute Gasteiger partial charge is 0.339 e. The summed E-state index contributed by atoms with van der Waals surface area (Å²) in [5, 5.41) is 18.4. The van der Waals surface area contributed by atoms with E-state index in [2.05, 4.69) is 0 Å². The number of hydrogen-bond acceptors (Lipinski definition) is 3. The Bertz CT molecular complexity index is 738. The normalized spacial score (nSPS) is 13.8. The summed E-state index contributed by atoms with van der Waals surface area (Å²) in [7, 11) is 0. The molecule has 120 valence electrons. The number of carbonyl (C=O) groups is 2. The first kappa shape index (κ1) is 16.5. The summed E-state index contributed by atoms with van der Waals surface area (Å²) in [6, 6.07) is 3.22. The van der Waals surface area contributed by atoms with Gasteiger partial charge in [-0.1, -0.05) is 24.3 Å². The van der Waals surface area contributed by atoms with Crippen molar-refractivity contribution in [3.8, 4) is 5.75 Å². The minimum atomic E-state index is -1.08. The van der Waals surface area contributed by atoms with Crippen LogP contribution in [-0.4, -0.2) is 22.2 Å². The first-order valence-electron chi connectivity index (χ1n) is 7.18. The fraction of sp³-hybridized carbons (Fsp3) is 0.222. The Balaban J connectivity index is 2.51. The number of allylic oxidation sites excluding steroid dienone is 4. The summed E-state index contributed by atoms with van der Waals surface area (Å²) < 4.78 is 5.86. The number of ether oxygens (including phenoxy) is 1. The minimum absolute atomic E-state index is 0.0564. The van der Waals surface area contributed by atoms with Gasteiger partial charge in [-0.3, -0.25) is 4.79 Å². The van der Waals surface area contributed by atoms with Crippen molar-refractivity contribution in [1.29, 1.82) is 0 Å². The Labute approximate surface area is 134 Å². The SMILES string of the molecule is Cc1ccc(C(=O)O)c(OC2=C(CC(=O)O)CC=CC=C2)c1C. The zero-order valence-corrected chi connectivity index (χ0v) is 13.0. The molecule has 0 saturated carbocycles. The van der Waals surface area contributed by atoms with Crippen LogP contribution in [0, 0.1) is 13.8 Å². The summed E-state index contributed by atoms with van der Waals surface area (Å²) in [6.45, 7) is 3.65. The van der Waals surface area contributed by atoms with Crippen molar-refractivity contribution < 1.29 is 24.5 Å². The van der Waals surface area contributed by atoms with Gasteiger partial charge < -0.3 is 14.9 Å². The van der Waals surface area contributed by atoms with Crippen LogP contribution < -0.4 is 4.74 Å². The molecule has 1 aliphatic carbocycles. The lowest BCUT2D eigenvalue weighted by atomic mass is 10.0. The average Bonchev–Trinajstić information content (AvgIpc) is 2.69. The number of rotatable bonds is 5. The first-order valence-corrected chi connectivity index (χ1v) is 7.18. The molecule has 5 heteroatoms. The monoisotopic (exact) mass is 314 g/mol. The molecule has 1 aromatic rings. The topological polar surface area (TPSA) is 83.8 Å². The van der Waals surface area contributed by atoms with Crippen molar-refractivity contribution in [3.05, 3.63) is 64.5 Å². The predicted octanol–water partition coefficient (Wildman–Crippen LogP) is 3.63. The van der Waals surface area contributed by atoms with Gasteiger partial charge in [-0.25, -0.2) is 4.79 Å². The highest BCUT2D eigenvalue weighted by molar-refractivity contribution is 5.91. The van der Waals surface area contributed by atoms with E-state index in [1.54, 1.807) is 31.2 Å². The van der Waals surface area contributed by atoms with Gasteiger partial charge in [-0.05, 0) is 49.1 Å². The fourth-order valence-electron chi connectivity index (χ4n) is 2.30. The van der Waals surface area contributed by atoms with Gasteiger partial charge in [0.25, 0.3) is 0 Å². The molecule has 1 aliphatic rings. The lowest BCUT2D eigenvalue weighted by Crippen LogP contribution is -2.08. The predicted molar refractivity (Wildman–Crippen MR) is 85.7 cm³/mol. The van der Waals surface area contributed by atoms with E-state index in [1.165, 1.54) is 6.07 Å². The van der Waals surface area contributed by atoms with Crippen LogP contribution in [0.1, 0.15) is 34.3 Å². The van der Waals surface area contributed by atoms with Gasteiger partial charge in [-0.2, -0.15) is 0 Å². The molecule has 0 bridgehead atoms. The van der Waals surface area contributed by atoms with Crippen LogP contribution in [0.3, 0.4) is 0 Å². The van der Waals surface area contributed by atoms with E-state index in [1.807, 2.05) is 13.0 Å². The third-order valence-electron chi connectivity index (χ3n) is 3.69. The summed E-state index contributed by atoms with van der Waals surface area (Å²) in [5.74, 6) is -1.40. The minimum Gasteiger partial charge on any atom is -0.481 e. The van der Waals surface area contributed by atoms with Crippen LogP contribution in [0.25, 0.3) is 0 Å². The van der Waals surface area contributed by atoms with Gasteiger partial charge >= 0.3 is 11.9 Å². The van der Waals surface area contributed by atoms with Crippen molar-refractivity contribution >= 4 is 11.9 Å². The Morgan fingerprint density at radius 3 is 2.57 bits per heavy atom. The van der Waals surface area contributed by atoms with Crippen LogP contribution in [0.5, 0.6) is 5.75 Å². The quantitative estimate of drug-likeness (QED) is 0.867. The number of aliphatic carboxylic acids is 1. The molecule has 23 heavy (non-hydrogen) atoms. The van der Waals surface area contributed by atoms with Gasteiger partial charge in [0, 0.05) is 0 Å². The van der Waals surface area contributed by atoms with Gasteiger partial charge in [-0.15, -0.1) is 0 Å². The maximum Gasteiger partial charge on any atom is 0.339 e. The molecule has 1 aromatic carbocycles. The maximum atomic E-state index is 11.4. The zero-order valence-electron chi connectivity index (χ0n) is 13.0. The molecular formula is C18H18O5. The van der Waals surface area contributed by atoms with Crippen molar-refractivity contribution in [2.45, 2.75) is 26.7 Å². The van der Waals surface area contributed by atoms with E-state index in [0.29, 0.717) is 17.8 Å². The highest BCUT2D eigenvalue weighted by atomic mass is 16.5. The number of aryl methyl sites for hydroxylation is 1. The second kappa shape index (κ2) is 6.96. The van der Waals surface area contributed by atoms with E-state index < -0.39 is 11.9 Å². The van der Waals surface area contributed by atoms with Crippen molar-refractivity contribution in [3.63, 3.8) is 0 Å². The highest BCUT2D eigenvalue weighted by Crippen LogP contribution is 2.30. The van der Waals surface area contributed by atoms with Gasteiger partial charge in [0.1, 0.15) is 17.1 Å². The van der Waals surface area contributed by atoms with E-state index in [9.17, 15) is 14.7 Å². The third kappa shape index (κ3) is 3.88. The van der Waals surface area contributed by atoms with Gasteiger partial charge in [0.15, 0.2) is 0 Å². The Kier molecular flexibility index (Phi) is 5.01. The van der Waals surface area contributed by atoms with Crippen LogP contribution in [0.15, 0.2) is 47.8 Å². The molecule has 0 amide bonds. The molecule has 0 heterocycles. The molecule has 0 aromatic heterocycles. The van der Waals surface area contributed by atoms with Gasteiger partial charge in [0.05, 0.1) is 6.42 Å². The van der Waals surface area contributed by atoms with Crippen molar-refractivity contribution in [1.82, 2.24) is 0 Å². The number of aromatic carboxylic acids is 1. The van der Waals surface area contributed by atoms with E-state index >= 15 is 0 Å². The molecule has 0 spiro atoms.